The Balaban J connectivity index is 2.74. The summed E-state index contributed by atoms with van der Waals surface area (Å²) in [6.45, 7) is 7.72. The molecule has 22 heavy (non-hydrogen) atoms. The van der Waals surface area contributed by atoms with Crippen molar-refractivity contribution < 1.29 is 14.7 Å². The maximum absolute atomic E-state index is 12.1. The van der Waals surface area contributed by atoms with Gasteiger partial charge in [-0.3, -0.25) is 14.4 Å². The number of rotatable bonds is 6. The molecule has 0 bridgehead atoms. The van der Waals surface area contributed by atoms with Crippen molar-refractivity contribution in [1.82, 2.24) is 15.3 Å². The zero-order valence-corrected chi connectivity index (χ0v) is 13.4. The number of aromatic amines is 1. The van der Waals surface area contributed by atoms with Gasteiger partial charge in [0, 0.05) is 18.4 Å². The Morgan fingerprint density at radius 3 is 2.41 bits per heavy atom. The van der Waals surface area contributed by atoms with E-state index in [9.17, 15) is 14.4 Å². The standard InChI is InChI=1S/C15H23N3O4/c1-9-11(12(21)16-8-6-5-7-10(19)20)13(22)18-14(17-9)15(2,3)4/h5-8H2,1-4H3,(H,16,21)(H,19,20)(H,17,18,22). The highest BCUT2D eigenvalue weighted by atomic mass is 16.4. The molecule has 7 nitrogen and oxygen atoms in total. The molecule has 1 rings (SSSR count). The molecule has 0 aliphatic rings. The first kappa shape index (κ1) is 17.9. The molecule has 0 saturated heterocycles. The fraction of sp³-hybridized carbons (Fsp3) is 0.600. The van der Waals surface area contributed by atoms with E-state index < -0.39 is 17.4 Å². The third kappa shape index (κ3) is 4.98. The highest BCUT2D eigenvalue weighted by Crippen LogP contribution is 2.17. The van der Waals surface area contributed by atoms with E-state index in [0.717, 1.165) is 0 Å². The van der Waals surface area contributed by atoms with Crippen LogP contribution in [0.5, 0.6) is 0 Å². The monoisotopic (exact) mass is 309 g/mol. The second-order valence-corrected chi connectivity index (χ2v) is 6.23. The number of nitrogens with zero attached hydrogens (tertiary/aromatic N) is 1. The lowest BCUT2D eigenvalue weighted by atomic mass is 9.95. The predicted molar refractivity (Wildman–Crippen MR) is 82.1 cm³/mol. The van der Waals surface area contributed by atoms with Crippen LogP contribution in [0.1, 0.15) is 61.9 Å². The molecule has 1 amide bonds. The number of hydrogen-bond donors (Lipinski definition) is 3. The van der Waals surface area contributed by atoms with E-state index in [4.69, 9.17) is 5.11 Å². The van der Waals surface area contributed by atoms with Crippen LogP contribution in [-0.2, 0) is 10.2 Å². The number of carboxylic acid groups (broad SMARTS) is 1. The molecule has 122 valence electrons. The molecule has 0 aromatic carbocycles. The average Bonchev–Trinajstić information content (AvgIpc) is 2.35. The molecule has 1 heterocycles. The van der Waals surface area contributed by atoms with Crippen molar-refractivity contribution in [2.75, 3.05) is 6.54 Å². The van der Waals surface area contributed by atoms with Gasteiger partial charge in [0.2, 0.25) is 0 Å². The molecular formula is C15H23N3O4. The number of unbranched alkanes of at least 4 members (excludes halogenated alkanes) is 1. The molecule has 3 N–H and O–H groups in total. The molecule has 1 aromatic heterocycles. The van der Waals surface area contributed by atoms with Crippen LogP contribution in [0.3, 0.4) is 0 Å². The average molecular weight is 309 g/mol. The largest absolute Gasteiger partial charge is 0.481 e. The summed E-state index contributed by atoms with van der Waals surface area (Å²) >= 11 is 0. The number of aryl methyl sites for hydroxylation is 1. The number of amides is 1. The molecule has 0 spiro atoms. The minimum atomic E-state index is -0.861. The Bertz CT molecular complexity index is 614. The second-order valence-electron chi connectivity index (χ2n) is 6.23. The summed E-state index contributed by atoms with van der Waals surface area (Å²) in [6.07, 6.45) is 1.09. The summed E-state index contributed by atoms with van der Waals surface area (Å²) in [4.78, 5) is 41.5. The van der Waals surface area contributed by atoms with Crippen molar-refractivity contribution in [2.24, 2.45) is 0 Å². The SMILES string of the molecule is Cc1nc(C(C)(C)C)[nH]c(=O)c1C(=O)NCCCCC(=O)O. The number of carboxylic acids is 1. The van der Waals surface area contributed by atoms with Crippen LogP contribution in [-0.4, -0.2) is 33.5 Å². The predicted octanol–water partition coefficient (Wildman–Crippen LogP) is 1.36. The molecule has 0 aliphatic carbocycles. The summed E-state index contributed by atoms with van der Waals surface area (Å²) in [5.41, 5.74) is -0.376. The Hall–Kier alpha value is -2.18. The summed E-state index contributed by atoms with van der Waals surface area (Å²) in [5.74, 6) is -0.810. The summed E-state index contributed by atoms with van der Waals surface area (Å²) in [5, 5.41) is 11.1. The van der Waals surface area contributed by atoms with E-state index in [-0.39, 0.29) is 17.4 Å². The van der Waals surface area contributed by atoms with Gasteiger partial charge in [-0.15, -0.1) is 0 Å². The van der Waals surface area contributed by atoms with Gasteiger partial charge in [-0.25, -0.2) is 4.98 Å². The van der Waals surface area contributed by atoms with E-state index in [1.807, 2.05) is 20.8 Å². The molecule has 0 aliphatic heterocycles. The van der Waals surface area contributed by atoms with Gasteiger partial charge in [0.05, 0.1) is 5.69 Å². The first-order valence-corrected chi connectivity index (χ1v) is 7.24. The van der Waals surface area contributed by atoms with Crippen molar-refractivity contribution in [3.8, 4) is 0 Å². The van der Waals surface area contributed by atoms with Crippen LogP contribution in [0, 0.1) is 6.92 Å². The number of aliphatic carboxylic acids is 1. The Morgan fingerprint density at radius 2 is 1.91 bits per heavy atom. The summed E-state index contributed by atoms with van der Waals surface area (Å²) in [7, 11) is 0. The fourth-order valence-corrected chi connectivity index (χ4v) is 1.90. The van der Waals surface area contributed by atoms with Gasteiger partial charge in [0.15, 0.2) is 0 Å². The molecule has 0 radical (unpaired) electrons. The van der Waals surface area contributed by atoms with Gasteiger partial charge >= 0.3 is 5.97 Å². The summed E-state index contributed by atoms with van der Waals surface area (Å²) < 4.78 is 0. The Kier molecular flexibility index (Phi) is 5.84. The minimum absolute atomic E-state index is 0.00577. The number of H-pyrrole nitrogens is 1. The lowest BCUT2D eigenvalue weighted by Crippen LogP contribution is -2.34. The van der Waals surface area contributed by atoms with E-state index in [1.54, 1.807) is 6.92 Å². The van der Waals surface area contributed by atoms with Gasteiger partial charge in [0.1, 0.15) is 11.4 Å². The first-order valence-electron chi connectivity index (χ1n) is 7.24. The smallest absolute Gasteiger partial charge is 0.303 e. The molecule has 7 heteroatoms. The van der Waals surface area contributed by atoms with Crippen LogP contribution < -0.4 is 10.9 Å². The van der Waals surface area contributed by atoms with E-state index in [1.165, 1.54) is 0 Å². The quantitative estimate of drug-likeness (QED) is 0.687. The first-order chi connectivity index (χ1) is 10.1. The zero-order chi connectivity index (χ0) is 16.9. The van der Waals surface area contributed by atoms with Gasteiger partial charge in [-0.2, -0.15) is 0 Å². The number of nitrogens with one attached hydrogen (secondary N) is 2. The van der Waals surface area contributed by atoms with E-state index in [0.29, 0.717) is 30.9 Å². The van der Waals surface area contributed by atoms with E-state index >= 15 is 0 Å². The second kappa shape index (κ2) is 7.20. The van der Waals surface area contributed by atoms with Crippen molar-refractivity contribution in [3.63, 3.8) is 0 Å². The van der Waals surface area contributed by atoms with Crippen LogP contribution in [0.15, 0.2) is 4.79 Å². The molecule has 0 saturated carbocycles. The van der Waals surface area contributed by atoms with E-state index in [2.05, 4.69) is 15.3 Å². The van der Waals surface area contributed by atoms with Crippen LogP contribution >= 0.6 is 0 Å². The summed E-state index contributed by atoms with van der Waals surface area (Å²) in [6, 6.07) is 0. The normalized spacial score (nSPS) is 11.3. The van der Waals surface area contributed by atoms with Crippen LogP contribution in [0.2, 0.25) is 0 Å². The number of aromatic nitrogens is 2. The van der Waals surface area contributed by atoms with Crippen molar-refractivity contribution >= 4 is 11.9 Å². The van der Waals surface area contributed by atoms with Crippen molar-refractivity contribution in [1.29, 1.82) is 0 Å². The highest BCUT2D eigenvalue weighted by molar-refractivity contribution is 5.94. The molecule has 0 unspecified atom stereocenters. The number of hydrogen-bond acceptors (Lipinski definition) is 4. The molecule has 0 fully saturated rings. The van der Waals surface area contributed by atoms with Gasteiger partial charge in [-0.1, -0.05) is 20.8 Å². The molecule has 0 atom stereocenters. The maximum atomic E-state index is 12.1. The van der Waals surface area contributed by atoms with Gasteiger partial charge in [-0.05, 0) is 19.8 Å². The minimum Gasteiger partial charge on any atom is -0.481 e. The Labute approximate surface area is 129 Å². The lowest BCUT2D eigenvalue weighted by Gasteiger charge is -2.18. The third-order valence-electron chi connectivity index (χ3n) is 3.14. The maximum Gasteiger partial charge on any atom is 0.303 e. The van der Waals surface area contributed by atoms with Crippen LogP contribution in [0.4, 0.5) is 0 Å². The van der Waals surface area contributed by atoms with Gasteiger partial charge < -0.3 is 15.4 Å². The molecule has 1 aromatic rings. The topological polar surface area (TPSA) is 112 Å². The Morgan fingerprint density at radius 1 is 1.27 bits per heavy atom. The lowest BCUT2D eigenvalue weighted by molar-refractivity contribution is -0.137. The number of carbonyl (C=O) groups excluding carboxylic acids is 1. The van der Waals surface area contributed by atoms with Crippen molar-refractivity contribution in [3.05, 3.63) is 27.4 Å². The van der Waals surface area contributed by atoms with Crippen molar-refractivity contribution in [2.45, 2.75) is 52.4 Å². The highest BCUT2D eigenvalue weighted by Gasteiger charge is 2.21. The van der Waals surface area contributed by atoms with Crippen LogP contribution in [0.25, 0.3) is 0 Å². The fourth-order valence-electron chi connectivity index (χ4n) is 1.90. The van der Waals surface area contributed by atoms with Gasteiger partial charge in [0.25, 0.3) is 11.5 Å². The molecular weight excluding hydrogens is 286 g/mol. The third-order valence-corrected chi connectivity index (χ3v) is 3.14. The number of carbonyl (C=O) groups is 2. The zero-order valence-electron chi connectivity index (χ0n) is 13.4.